The highest BCUT2D eigenvalue weighted by Gasteiger charge is 2.17. The monoisotopic (exact) mass is 241 g/mol. The van der Waals surface area contributed by atoms with Crippen LogP contribution in [0, 0.1) is 12.8 Å². The van der Waals surface area contributed by atoms with E-state index in [0.29, 0.717) is 18.0 Å². The Bertz CT molecular complexity index is 433. The van der Waals surface area contributed by atoms with E-state index in [-0.39, 0.29) is 17.6 Å². The SMILES string of the molecule is CNC(CNC(=O)c1[nH]oc(=O)c1C)C(C)C. The number of aromatic nitrogens is 1. The standard InChI is InChI=1S/C11H19N3O3/c1-6(2)8(12-4)5-13-10(15)9-7(3)11(16)17-14-9/h6,8,12,14H,5H2,1-4H3,(H,13,15). The quantitative estimate of drug-likeness (QED) is 0.689. The van der Waals surface area contributed by atoms with Crippen molar-refractivity contribution in [2.45, 2.75) is 26.8 Å². The van der Waals surface area contributed by atoms with Crippen LogP contribution in [0.3, 0.4) is 0 Å². The molecule has 1 unspecified atom stereocenters. The van der Waals surface area contributed by atoms with Gasteiger partial charge in [-0.2, -0.15) is 0 Å². The van der Waals surface area contributed by atoms with Crippen molar-refractivity contribution in [2.24, 2.45) is 5.92 Å². The largest absolute Gasteiger partial charge is 0.360 e. The van der Waals surface area contributed by atoms with Gasteiger partial charge in [0.15, 0.2) is 0 Å². The molecule has 0 fully saturated rings. The second kappa shape index (κ2) is 5.67. The van der Waals surface area contributed by atoms with E-state index >= 15 is 0 Å². The number of hydrogen-bond donors (Lipinski definition) is 3. The Morgan fingerprint density at radius 3 is 2.53 bits per heavy atom. The number of carbonyl (C=O) groups excluding carboxylic acids is 1. The number of H-pyrrole nitrogens is 1. The zero-order valence-electron chi connectivity index (χ0n) is 10.6. The number of rotatable bonds is 5. The first kappa shape index (κ1) is 13.5. The van der Waals surface area contributed by atoms with Gasteiger partial charge in [0.25, 0.3) is 5.91 Å². The summed E-state index contributed by atoms with van der Waals surface area (Å²) in [4.78, 5) is 22.8. The molecule has 0 radical (unpaired) electrons. The molecule has 96 valence electrons. The lowest BCUT2D eigenvalue weighted by Gasteiger charge is -2.20. The van der Waals surface area contributed by atoms with Crippen molar-refractivity contribution >= 4 is 5.91 Å². The molecular weight excluding hydrogens is 222 g/mol. The molecule has 1 heterocycles. The van der Waals surface area contributed by atoms with E-state index in [0.717, 1.165) is 0 Å². The van der Waals surface area contributed by atoms with Gasteiger partial charge in [0.2, 0.25) is 0 Å². The van der Waals surface area contributed by atoms with Crippen LogP contribution < -0.4 is 16.3 Å². The molecule has 6 nitrogen and oxygen atoms in total. The molecule has 3 N–H and O–H groups in total. The fraction of sp³-hybridized carbons (Fsp3) is 0.636. The maximum Gasteiger partial charge on any atom is 0.360 e. The van der Waals surface area contributed by atoms with Crippen molar-refractivity contribution < 1.29 is 9.32 Å². The van der Waals surface area contributed by atoms with Crippen molar-refractivity contribution in [2.75, 3.05) is 13.6 Å². The van der Waals surface area contributed by atoms with Gasteiger partial charge in [0.05, 0.1) is 5.56 Å². The van der Waals surface area contributed by atoms with Gasteiger partial charge in [-0.1, -0.05) is 13.8 Å². The van der Waals surface area contributed by atoms with Gasteiger partial charge in [-0.3, -0.25) is 4.79 Å². The van der Waals surface area contributed by atoms with Gasteiger partial charge in [-0.25, -0.2) is 9.95 Å². The molecule has 0 saturated carbocycles. The number of amides is 1. The molecule has 1 amide bonds. The first-order valence-electron chi connectivity index (χ1n) is 5.61. The van der Waals surface area contributed by atoms with Crippen molar-refractivity contribution in [1.82, 2.24) is 15.8 Å². The van der Waals surface area contributed by atoms with E-state index in [1.807, 2.05) is 7.05 Å². The Labute approximate surface area is 99.7 Å². The fourth-order valence-electron chi connectivity index (χ4n) is 1.53. The smallest absolute Gasteiger partial charge is 0.349 e. The molecule has 6 heteroatoms. The lowest BCUT2D eigenvalue weighted by atomic mass is 10.0. The molecule has 0 bridgehead atoms. The van der Waals surface area contributed by atoms with Crippen LogP contribution >= 0.6 is 0 Å². The summed E-state index contributed by atoms with van der Waals surface area (Å²) in [5, 5.41) is 8.20. The van der Waals surface area contributed by atoms with Crippen LogP contribution in [0.2, 0.25) is 0 Å². The van der Waals surface area contributed by atoms with E-state index < -0.39 is 5.63 Å². The van der Waals surface area contributed by atoms with Crippen LogP contribution in [0.4, 0.5) is 0 Å². The summed E-state index contributed by atoms with van der Waals surface area (Å²) in [6, 6.07) is 0.192. The number of carbonyl (C=O) groups is 1. The minimum atomic E-state index is -0.510. The molecule has 1 rings (SSSR count). The minimum Gasteiger partial charge on any atom is -0.349 e. The average molecular weight is 241 g/mol. The maximum absolute atomic E-state index is 11.8. The summed E-state index contributed by atoms with van der Waals surface area (Å²) in [5.74, 6) is 0.0824. The van der Waals surface area contributed by atoms with Gasteiger partial charge in [-0.15, -0.1) is 0 Å². The predicted octanol–water partition coefficient (Wildman–Crippen LogP) is 0.250. The molecule has 17 heavy (non-hydrogen) atoms. The lowest BCUT2D eigenvalue weighted by Crippen LogP contribution is -2.42. The second-order valence-electron chi connectivity index (χ2n) is 4.34. The van der Waals surface area contributed by atoms with Crippen LogP contribution in [0.5, 0.6) is 0 Å². The van der Waals surface area contributed by atoms with Crippen molar-refractivity contribution in [1.29, 1.82) is 0 Å². The Kier molecular flexibility index (Phi) is 4.51. The Balaban J connectivity index is 2.62. The first-order chi connectivity index (χ1) is 7.97. The molecular formula is C11H19N3O3. The highest BCUT2D eigenvalue weighted by Crippen LogP contribution is 2.01. The fourth-order valence-corrected chi connectivity index (χ4v) is 1.53. The lowest BCUT2D eigenvalue weighted by molar-refractivity contribution is 0.0937. The number of likely N-dealkylation sites (N-methyl/N-ethyl adjacent to an activating group) is 1. The molecule has 1 aromatic rings. The number of aromatic amines is 1. The summed E-state index contributed by atoms with van der Waals surface area (Å²) < 4.78 is 4.54. The minimum absolute atomic E-state index is 0.189. The van der Waals surface area contributed by atoms with E-state index in [9.17, 15) is 9.59 Å². The Morgan fingerprint density at radius 1 is 1.47 bits per heavy atom. The van der Waals surface area contributed by atoms with E-state index in [4.69, 9.17) is 0 Å². The van der Waals surface area contributed by atoms with Gasteiger partial charge in [0.1, 0.15) is 5.69 Å². The number of nitrogens with one attached hydrogen (secondary N) is 3. The van der Waals surface area contributed by atoms with Crippen molar-refractivity contribution in [3.8, 4) is 0 Å². The highest BCUT2D eigenvalue weighted by atomic mass is 16.5. The molecule has 1 atom stereocenters. The summed E-state index contributed by atoms with van der Waals surface area (Å²) in [6.45, 7) is 6.19. The van der Waals surface area contributed by atoms with Gasteiger partial charge in [0, 0.05) is 12.6 Å². The third-order valence-electron chi connectivity index (χ3n) is 2.81. The van der Waals surface area contributed by atoms with E-state index in [2.05, 4.69) is 34.2 Å². The number of hydrogen-bond acceptors (Lipinski definition) is 4. The molecule has 0 aromatic carbocycles. The third-order valence-corrected chi connectivity index (χ3v) is 2.81. The van der Waals surface area contributed by atoms with Gasteiger partial charge < -0.3 is 15.2 Å². The zero-order chi connectivity index (χ0) is 13.0. The molecule has 0 spiro atoms. The Morgan fingerprint density at radius 2 is 2.12 bits per heavy atom. The zero-order valence-corrected chi connectivity index (χ0v) is 10.6. The maximum atomic E-state index is 11.8. The molecule has 0 aliphatic carbocycles. The van der Waals surface area contributed by atoms with Crippen LogP contribution in [0.15, 0.2) is 9.32 Å². The molecule has 0 aliphatic heterocycles. The van der Waals surface area contributed by atoms with E-state index in [1.165, 1.54) is 0 Å². The third kappa shape index (κ3) is 3.20. The molecule has 0 aliphatic rings. The second-order valence-corrected chi connectivity index (χ2v) is 4.34. The Hall–Kier alpha value is -1.56. The topological polar surface area (TPSA) is 87.1 Å². The summed E-state index contributed by atoms with van der Waals surface area (Å²) in [6.07, 6.45) is 0. The predicted molar refractivity (Wildman–Crippen MR) is 64.1 cm³/mol. The first-order valence-corrected chi connectivity index (χ1v) is 5.61. The van der Waals surface area contributed by atoms with Gasteiger partial charge in [-0.05, 0) is 19.9 Å². The van der Waals surface area contributed by atoms with Gasteiger partial charge >= 0.3 is 5.63 Å². The van der Waals surface area contributed by atoms with Crippen LogP contribution in [-0.4, -0.2) is 30.7 Å². The summed E-state index contributed by atoms with van der Waals surface area (Å²) in [5.41, 5.74) is -0.0224. The average Bonchev–Trinajstić information content (AvgIpc) is 2.60. The highest BCUT2D eigenvalue weighted by molar-refractivity contribution is 5.93. The van der Waals surface area contributed by atoms with E-state index in [1.54, 1.807) is 6.92 Å². The van der Waals surface area contributed by atoms with Crippen molar-refractivity contribution in [3.05, 3.63) is 21.7 Å². The molecule has 0 saturated heterocycles. The van der Waals surface area contributed by atoms with Crippen LogP contribution in [0.25, 0.3) is 0 Å². The normalized spacial score (nSPS) is 12.8. The van der Waals surface area contributed by atoms with Crippen molar-refractivity contribution in [3.63, 3.8) is 0 Å². The van der Waals surface area contributed by atoms with Crippen LogP contribution in [-0.2, 0) is 0 Å². The molecule has 1 aromatic heterocycles. The summed E-state index contributed by atoms with van der Waals surface area (Å²) in [7, 11) is 1.85. The summed E-state index contributed by atoms with van der Waals surface area (Å²) >= 11 is 0. The van der Waals surface area contributed by atoms with Crippen LogP contribution in [0.1, 0.15) is 29.9 Å².